The smallest absolute Gasteiger partial charge is 0.297 e. The Balaban J connectivity index is 1.71. The Kier molecular flexibility index (Phi) is 6.86. The largest absolute Gasteiger partial charge is 0.437 e. The summed E-state index contributed by atoms with van der Waals surface area (Å²) in [7, 11) is 0. The third-order valence-electron chi connectivity index (χ3n) is 4.09. The van der Waals surface area contributed by atoms with Crippen LogP contribution in [0.2, 0.25) is 10.0 Å². The predicted molar refractivity (Wildman–Crippen MR) is 115 cm³/mol. The number of hydrogen-bond donors (Lipinski definition) is 1. The van der Waals surface area contributed by atoms with Gasteiger partial charge in [0.05, 0.1) is 5.71 Å². The van der Waals surface area contributed by atoms with E-state index in [2.05, 4.69) is 10.5 Å². The topological polar surface area (TPSA) is 50.7 Å². The van der Waals surface area contributed by atoms with Crippen LogP contribution >= 0.6 is 23.2 Å². The van der Waals surface area contributed by atoms with Crippen molar-refractivity contribution in [2.24, 2.45) is 5.16 Å². The Morgan fingerprint density at radius 2 is 1.69 bits per heavy atom. The van der Waals surface area contributed by atoms with Crippen molar-refractivity contribution < 1.29 is 14.0 Å². The number of nitrogens with one attached hydrogen (secondary N) is 1. The van der Waals surface area contributed by atoms with Gasteiger partial charge in [0.25, 0.3) is 0 Å². The van der Waals surface area contributed by atoms with Gasteiger partial charge in [0, 0.05) is 21.3 Å². The highest BCUT2D eigenvalue weighted by Crippen LogP contribution is 2.24. The molecule has 3 aromatic carbocycles. The van der Waals surface area contributed by atoms with Gasteiger partial charge in [-0.05, 0) is 41.8 Å². The van der Waals surface area contributed by atoms with E-state index >= 15 is 0 Å². The summed E-state index contributed by atoms with van der Waals surface area (Å²) in [5.74, 6) is -0.286. The van der Waals surface area contributed by atoms with Crippen molar-refractivity contribution in [3.8, 4) is 11.1 Å². The normalized spacial score (nSPS) is 11.2. The van der Waals surface area contributed by atoms with Gasteiger partial charge >= 0.3 is 6.09 Å². The molecule has 0 aromatic heterocycles. The second-order valence-electron chi connectivity index (χ2n) is 6.11. The molecule has 0 aliphatic heterocycles. The molecule has 0 fully saturated rings. The molecule has 0 saturated carbocycles. The van der Waals surface area contributed by atoms with Gasteiger partial charge in [-0.3, -0.25) is 10.2 Å². The number of oxime groups is 1. The minimum absolute atomic E-state index is 0.286. The minimum Gasteiger partial charge on any atom is -0.297 e. The van der Waals surface area contributed by atoms with Gasteiger partial charge in [-0.2, -0.15) is 0 Å². The molecule has 0 unspecified atom stereocenters. The van der Waals surface area contributed by atoms with Crippen LogP contribution in [0.5, 0.6) is 0 Å². The number of rotatable bonds is 5. The lowest BCUT2D eigenvalue weighted by molar-refractivity contribution is 0.166. The van der Waals surface area contributed by atoms with Crippen molar-refractivity contribution in [3.63, 3.8) is 0 Å². The van der Waals surface area contributed by atoms with Gasteiger partial charge in [-0.1, -0.05) is 77.7 Å². The van der Waals surface area contributed by atoms with E-state index < -0.39 is 6.09 Å². The average Bonchev–Trinajstić information content (AvgIpc) is 2.68. The standard InChI is InChI=1S/C22H17Cl2FN2O2/c1-2-21(27-29-22(28)26-18-12-16(23)11-17(24)13-18)15-9-7-14(8-10-15)19-5-3-4-6-20(19)25/h3-13H,2H2,1H3,(H,26,28)/b27-21-. The molecule has 1 amide bonds. The molecule has 0 atom stereocenters. The maximum atomic E-state index is 13.9. The lowest BCUT2D eigenvalue weighted by atomic mass is 10.0. The Morgan fingerprint density at radius 3 is 2.31 bits per heavy atom. The number of carbonyl (C=O) groups is 1. The molecule has 3 aromatic rings. The first-order valence-electron chi connectivity index (χ1n) is 8.82. The van der Waals surface area contributed by atoms with Gasteiger partial charge < -0.3 is 0 Å². The van der Waals surface area contributed by atoms with Gasteiger partial charge in [0.1, 0.15) is 5.82 Å². The van der Waals surface area contributed by atoms with Crippen LogP contribution in [0.15, 0.2) is 71.9 Å². The van der Waals surface area contributed by atoms with E-state index in [-0.39, 0.29) is 5.82 Å². The molecular formula is C22H17Cl2FN2O2. The predicted octanol–water partition coefficient (Wildman–Crippen LogP) is 7.16. The van der Waals surface area contributed by atoms with E-state index in [0.717, 1.165) is 11.1 Å². The van der Waals surface area contributed by atoms with Crippen molar-refractivity contribution in [1.82, 2.24) is 0 Å². The molecule has 29 heavy (non-hydrogen) atoms. The molecular weight excluding hydrogens is 414 g/mol. The minimum atomic E-state index is -0.766. The van der Waals surface area contributed by atoms with Crippen LogP contribution in [-0.2, 0) is 4.84 Å². The fraction of sp³-hybridized carbons (Fsp3) is 0.0909. The van der Waals surface area contributed by atoms with Gasteiger partial charge in [-0.25, -0.2) is 9.18 Å². The summed E-state index contributed by atoms with van der Waals surface area (Å²) in [6.07, 6.45) is -0.229. The highest BCUT2D eigenvalue weighted by atomic mass is 35.5. The zero-order chi connectivity index (χ0) is 20.8. The van der Waals surface area contributed by atoms with Crippen LogP contribution in [0.1, 0.15) is 18.9 Å². The Bertz CT molecular complexity index is 1030. The maximum absolute atomic E-state index is 13.9. The number of amides is 1. The van der Waals surface area contributed by atoms with Gasteiger partial charge in [0.15, 0.2) is 0 Å². The summed E-state index contributed by atoms with van der Waals surface area (Å²) < 4.78 is 13.9. The van der Waals surface area contributed by atoms with E-state index in [0.29, 0.717) is 33.4 Å². The zero-order valence-corrected chi connectivity index (χ0v) is 17.0. The molecule has 0 radical (unpaired) electrons. The van der Waals surface area contributed by atoms with Crippen molar-refractivity contribution in [2.75, 3.05) is 5.32 Å². The highest BCUT2D eigenvalue weighted by Gasteiger charge is 2.09. The summed E-state index contributed by atoms with van der Waals surface area (Å²) in [5, 5.41) is 7.23. The van der Waals surface area contributed by atoms with Crippen LogP contribution in [0.25, 0.3) is 11.1 Å². The highest BCUT2D eigenvalue weighted by molar-refractivity contribution is 6.35. The molecule has 0 aliphatic rings. The number of hydrogen-bond acceptors (Lipinski definition) is 3. The van der Waals surface area contributed by atoms with Crippen LogP contribution in [0.4, 0.5) is 14.9 Å². The van der Waals surface area contributed by atoms with Crippen LogP contribution in [0.3, 0.4) is 0 Å². The molecule has 0 heterocycles. The molecule has 1 N–H and O–H groups in total. The SMILES string of the molecule is CC/C(=N/OC(=O)Nc1cc(Cl)cc(Cl)c1)c1ccc(-c2ccccc2F)cc1. The molecule has 0 bridgehead atoms. The van der Waals surface area contributed by atoms with E-state index in [9.17, 15) is 9.18 Å². The molecule has 0 aliphatic carbocycles. The first kappa shape index (κ1) is 20.8. The van der Waals surface area contributed by atoms with E-state index in [4.69, 9.17) is 28.0 Å². The zero-order valence-electron chi connectivity index (χ0n) is 15.5. The van der Waals surface area contributed by atoms with E-state index in [1.807, 2.05) is 19.1 Å². The third kappa shape index (κ3) is 5.56. The number of halogens is 3. The van der Waals surface area contributed by atoms with Crippen molar-refractivity contribution in [2.45, 2.75) is 13.3 Å². The van der Waals surface area contributed by atoms with E-state index in [1.54, 1.807) is 48.5 Å². The summed E-state index contributed by atoms with van der Waals surface area (Å²) >= 11 is 11.8. The number of anilines is 1. The lowest BCUT2D eigenvalue weighted by Crippen LogP contribution is -2.12. The molecule has 0 spiro atoms. The first-order chi connectivity index (χ1) is 14.0. The second-order valence-corrected chi connectivity index (χ2v) is 6.98. The summed E-state index contributed by atoms with van der Waals surface area (Å²) in [6.45, 7) is 1.89. The van der Waals surface area contributed by atoms with Crippen LogP contribution < -0.4 is 5.32 Å². The Hall–Kier alpha value is -2.89. The fourth-order valence-corrected chi connectivity index (χ4v) is 3.25. The number of nitrogens with zero attached hydrogens (tertiary/aromatic N) is 1. The van der Waals surface area contributed by atoms with Crippen molar-refractivity contribution in [1.29, 1.82) is 0 Å². The molecule has 7 heteroatoms. The molecule has 3 rings (SSSR count). The van der Waals surface area contributed by atoms with Crippen LogP contribution in [0, 0.1) is 5.82 Å². The van der Waals surface area contributed by atoms with Crippen molar-refractivity contribution >= 4 is 40.7 Å². The van der Waals surface area contributed by atoms with Gasteiger partial charge in [-0.15, -0.1) is 0 Å². The van der Waals surface area contributed by atoms with E-state index in [1.165, 1.54) is 6.07 Å². The second kappa shape index (κ2) is 9.54. The third-order valence-corrected chi connectivity index (χ3v) is 4.52. The summed E-state index contributed by atoms with van der Waals surface area (Å²) in [6, 6.07) is 18.4. The summed E-state index contributed by atoms with van der Waals surface area (Å²) in [5.41, 5.74) is 3.01. The summed E-state index contributed by atoms with van der Waals surface area (Å²) in [4.78, 5) is 17.0. The Morgan fingerprint density at radius 1 is 1.03 bits per heavy atom. The first-order valence-corrected chi connectivity index (χ1v) is 9.58. The monoisotopic (exact) mass is 430 g/mol. The molecule has 4 nitrogen and oxygen atoms in total. The maximum Gasteiger partial charge on any atom is 0.437 e. The van der Waals surface area contributed by atoms with Crippen molar-refractivity contribution in [3.05, 3.63) is 88.2 Å². The number of carbonyl (C=O) groups excluding carboxylic acids is 1. The molecule has 0 saturated heterocycles. The molecule has 148 valence electrons. The van der Waals surface area contributed by atoms with Crippen LogP contribution in [-0.4, -0.2) is 11.8 Å². The average molecular weight is 431 g/mol. The van der Waals surface area contributed by atoms with Gasteiger partial charge in [0.2, 0.25) is 0 Å². The fourth-order valence-electron chi connectivity index (χ4n) is 2.72. The lowest BCUT2D eigenvalue weighted by Gasteiger charge is -2.08. The number of benzene rings is 3. The quantitative estimate of drug-likeness (QED) is 0.265. The Labute approximate surface area is 177 Å².